The monoisotopic (exact) mass is 501 g/mol. The Balaban J connectivity index is 1.09. The first-order valence-electron chi connectivity index (χ1n) is 12.4. The van der Waals surface area contributed by atoms with Crippen LogP contribution in [-0.2, 0) is 11.3 Å². The molecule has 9 heteroatoms. The number of aromatic nitrogens is 1. The normalized spacial score (nSPS) is 13.9. The topological polar surface area (TPSA) is 101 Å². The van der Waals surface area contributed by atoms with E-state index in [1.54, 1.807) is 0 Å². The van der Waals surface area contributed by atoms with Crippen LogP contribution in [0.1, 0.15) is 11.1 Å². The standard InChI is InChI=1S/C28H31N5O4/c1-20-2-6-22(7-3-20)30-27(34)31-23-8-4-21(5-9-23)19-29-28-32-25-11-10-24(18-26(25)37-28)36-17-14-33-12-15-35-16-13-33/h2-11,18H,12-17,19H2,1H3,(H,29,32)(H2,30,31,34). The first-order chi connectivity index (χ1) is 18.1. The van der Waals surface area contributed by atoms with Crippen molar-refractivity contribution in [3.63, 3.8) is 0 Å². The molecule has 1 aliphatic rings. The minimum absolute atomic E-state index is 0.286. The van der Waals surface area contributed by atoms with Crippen molar-refractivity contribution < 1.29 is 18.7 Å². The molecule has 1 fully saturated rings. The van der Waals surface area contributed by atoms with E-state index in [0.717, 1.165) is 60.9 Å². The number of carbonyl (C=O) groups is 1. The Morgan fingerprint density at radius 1 is 0.973 bits per heavy atom. The second kappa shape index (κ2) is 11.8. The molecule has 3 N–H and O–H groups in total. The number of aryl methyl sites for hydroxylation is 1. The van der Waals surface area contributed by atoms with Crippen LogP contribution >= 0.6 is 0 Å². The van der Waals surface area contributed by atoms with Crippen molar-refractivity contribution >= 4 is 34.5 Å². The Labute approximate surface area is 215 Å². The highest BCUT2D eigenvalue weighted by Crippen LogP contribution is 2.24. The molecule has 1 aromatic heterocycles. The number of ether oxygens (including phenoxy) is 2. The van der Waals surface area contributed by atoms with Gasteiger partial charge in [0.15, 0.2) is 5.58 Å². The first-order valence-corrected chi connectivity index (χ1v) is 12.4. The number of oxazole rings is 1. The van der Waals surface area contributed by atoms with Crippen molar-refractivity contribution in [3.05, 3.63) is 77.9 Å². The fourth-order valence-electron chi connectivity index (χ4n) is 4.00. The first kappa shape index (κ1) is 24.6. The average Bonchev–Trinajstić information content (AvgIpc) is 3.32. The molecule has 0 bridgehead atoms. The van der Waals surface area contributed by atoms with Crippen LogP contribution in [0.2, 0.25) is 0 Å². The molecule has 0 atom stereocenters. The SMILES string of the molecule is Cc1ccc(NC(=O)Nc2ccc(CNc3nc4ccc(OCCN5CCOCC5)cc4o3)cc2)cc1. The number of morpholine rings is 1. The van der Waals surface area contributed by atoms with Gasteiger partial charge in [-0.1, -0.05) is 29.8 Å². The Hall–Kier alpha value is -4.08. The van der Waals surface area contributed by atoms with Gasteiger partial charge in [0.1, 0.15) is 17.9 Å². The Morgan fingerprint density at radius 3 is 2.41 bits per heavy atom. The van der Waals surface area contributed by atoms with Gasteiger partial charge in [0.05, 0.1) is 13.2 Å². The largest absolute Gasteiger partial charge is 0.492 e. The summed E-state index contributed by atoms with van der Waals surface area (Å²) in [6.07, 6.45) is 0. The summed E-state index contributed by atoms with van der Waals surface area (Å²) in [4.78, 5) is 19.1. The van der Waals surface area contributed by atoms with Gasteiger partial charge in [-0.25, -0.2) is 4.79 Å². The maximum Gasteiger partial charge on any atom is 0.323 e. The van der Waals surface area contributed by atoms with Crippen LogP contribution in [0, 0.1) is 6.92 Å². The summed E-state index contributed by atoms with van der Waals surface area (Å²) in [5, 5.41) is 8.88. The molecule has 0 radical (unpaired) electrons. The number of urea groups is 1. The summed E-state index contributed by atoms with van der Waals surface area (Å²) in [5.41, 5.74) is 5.05. The zero-order valence-electron chi connectivity index (χ0n) is 20.8. The molecular formula is C28H31N5O4. The molecule has 4 aromatic rings. The fourth-order valence-corrected chi connectivity index (χ4v) is 4.00. The maximum atomic E-state index is 12.2. The molecule has 0 spiro atoms. The number of amides is 2. The van der Waals surface area contributed by atoms with E-state index >= 15 is 0 Å². The predicted octanol–water partition coefficient (Wildman–Crippen LogP) is 5.10. The van der Waals surface area contributed by atoms with Crippen molar-refractivity contribution in [2.75, 3.05) is 55.4 Å². The lowest BCUT2D eigenvalue weighted by Crippen LogP contribution is -2.38. The molecule has 0 unspecified atom stereocenters. The Bertz CT molecular complexity index is 1310. The lowest BCUT2D eigenvalue weighted by atomic mass is 10.2. The van der Waals surface area contributed by atoms with Crippen molar-refractivity contribution in [1.29, 1.82) is 0 Å². The molecule has 9 nitrogen and oxygen atoms in total. The third-order valence-corrected chi connectivity index (χ3v) is 6.10. The van der Waals surface area contributed by atoms with Crippen LogP contribution in [0.3, 0.4) is 0 Å². The van der Waals surface area contributed by atoms with Gasteiger partial charge in [-0.05, 0) is 48.9 Å². The minimum Gasteiger partial charge on any atom is -0.492 e. The van der Waals surface area contributed by atoms with Crippen LogP contribution in [0.15, 0.2) is 71.1 Å². The lowest BCUT2D eigenvalue weighted by molar-refractivity contribution is 0.0322. The molecular weight excluding hydrogens is 470 g/mol. The van der Waals surface area contributed by atoms with Crippen LogP contribution in [-0.4, -0.2) is 55.4 Å². The summed E-state index contributed by atoms with van der Waals surface area (Å²) in [6, 6.07) is 21.1. The molecule has 5 rings (SSSR count). The summed E-state index contributed by atoms with van der Waals surface area (Å²) >= 11 is 0. The zero-order chi connectivity index (χ0) is 25.5. The Morgan fingerprint density at radius 2 is 1.68 bits per heavy atom. The number of carbonyl (C=O) groups excluding carboxylic acids is 1. The van der Waals surface area contributed by atoms with Crippen LogP contribution in [0.25, 0.3) is 11.1 Å². The van der Waals surface area contributed by atoms with Gasteiger partial charge in [-0.2, -0.15) is 4.98 Å². The van der Waals surface area contributed by atoms with Gasteiger partial charge < -0.3 is 29.8 Å². The third kappa shape index (κ3) is 6.99. The van der Waals surface area contributed by atoms with Gasteiger partial charge in [0, 0.05) is 43.6 Å². The Kier molecular flexibility index (Phi) is 7.83. The van der Waals surface area contributed by atoms with E-state index in [4.69, 9.17) is 13.9 Å². The zero-order valence-corrected chi connectivity index (χ0v) is 20.8. The number of nitrogens with one attached hydrogen (secondary N) is 3. The number of fused-ring (bicyclic) bond motifs is 1. The molecule has 0 saturated carbocycles. The number of hydrogen-bond acceptors (Lipinski definition) is 7. The minimum atomic E-state index is -0.286. The highest BCUT2D eigenvalue weighted by molar-refractivity contribution is 5.99. The maximum absolute atomic E-state index is 12.2. The molecule has 2 heterocycles. The highest BCUT2D eigenvalue weighted by atomic mass is 16.5. The second-order valence-corrected chi connectivity index (χ2v) is 8.95. The molecule has 1 saturated heterocycles. The predicted molar refractivity (Wildman–Crippen MR) is 144 cm³/mol. The summed E-state index contributed by atoms with van der Waals surface area (Å²) in [6.45, 7) is 7.49. The average molecular weight is 502 g/mol. The summed E-state index contributed by atoms with van der Waals surface area (Å²) < 4.78 is 17.2. The number of benzene rings is 3. The lowest BCUT2D eigenvalue weighted by Gasteiger charge is -2.26. The van der Waals surface area contributed by atoms with E-state index in [9.17, 15) is 4.79 Å². The highest BCUT2D eigenvalue weighted by Gasteiger charge is 2.11. The van der Waals surface area contributed by atoms with Crippen LogP contribution < -0.4 is 20.7 Å². The van der Waals surface area contributed by atoms with E-state index in [2.05, 4.69) is 25.8 Å². The molecule has 0 aliphatic carbocycles. The van der Waals surface area contributed by atoms with E-state index in [1.807, 2.05) is 73.7 Å². The number of anilines is 3. The van der Waals surface area contributed by atoms with E-state index in [-0.39, 0.29) is 6.03 Å². The number of hydrogen-bond donors (Lipinski definition) is 3. The summed E-state index contributed by atoms with van der Waals surface area (Å²) in [7, 11) is 0. The van der Waals surface area contributed by atoms with Gasteiger partial charge >= 0.3 is 6.03 Å². The molecule has 1 aliphatic heterocycles. The molecule has 2 amide bonds. The van der Waals surface area contributed by atoms with Crippen molar-refractivity contribution in [1.82, 2.24) is 9.88 Å². The third-order valence-electron chi connectivity index (χ3n) is 6.10. The van der Waals surface area contributed by atoms with E-state index in [0.29, 0.717) is 30.4 Å². The van der Waals surface area contributed by atoms with Crippen molar-refractivity contribution in [3.8, 4) is 5.75 Å². The van der Waals surface area contributed by atoms with Crippen molar-refractivity contribution in [2.24, 2.45) is 0 Å². The smallest absolute Gasteiger partial charge is 0.323 e. The van der Waals surface area contributed by atoms with Gasteiger partial charge in [0.25, 0.3) is 6.01 Å². The quantitative estimate of drug-likeness (QED) is 0.293. The molecule has 192 valence electrons. The van der Waals surface area contributed by atoms with E-state index in [1.165, 1.54) is 0 Å². The van der Waals surface area contributed by atoms with Crippen LogP contribution in [0.4, 0.5) is 22.2 Å². The molecule has 37 heavy (non-hydrogen) atoms. The van der Waals surface area contributed by atoms with Gasteiger partial charge in [-0.15, -0.1) is 0 Å². The van der Waals surface area contributed by atoms with Crippen molar-refractivity contribution in [2.45, 2.75) is 13.5 Å². The van der Waals surface area contributed by atoms with Crippen LogP contribution in [0.5, 0.6) is 5.75 Å². The number of nitrogens with zero attached hydrogens (tertiary/aromatic N) is 2. The van der Waals surface area contributed by atoms with E-state index < -0.39 is 0 Å². The number of rotatable bonds is 9. The molecule has 3 aromatic carbocycles. The summed E-state index contributed by atoms with van der Waals surface area (Å²) in [5.74, 6) is 0.762. The fraction of sp³-hybridized carbons (Fsp3) is 0.286. The van der Waals surface area contributed by atoms with Gasteiger partial charge in [-0.3, -0.25) is 4.90 Å². The van der Waals surface area contributed by atoms with Gasteiger partial charge in [0.2, 0.25) is 0 Å². The second-order valence-electron chi connectivity index (χ2n) is 8.95.